The molecule has 3 rings (SSSR count). The molecule has 1 fully saturated rings. The molecule has 1 heterocycles. The molecule has 146 valence electrons. The van der Waals surface area contributed by atoms with E-state index >= 15 is 0 Å². The fraction of sp³-hybridized carbons (Fsp3) is 0.318. The molecule has 1 atom stereocenters. The van der Waals surface area contributed by atoms with Crippen molar-refractivity contribution in [1.82, 2.24) is 10.2 Å². The fourth-order valence-corrected chi connectivity index (χ4v) is 3.52. The number of nitrogens with one attached hydrogen (secondary N) is 1. The summed E-state index contributed by atoms with van der Waals surface area (Å²) in [7, 11) is 0. The molecule has 0 saturated carbocycles. The van der Waals surface area contributed by atoms with Crippen LogP contribution in [0.3, 0.4) is 0 Å². The van der Waals surface area contributed by atoms with Gasteiger partial charge in [0, 0.05) is 25.1 Å². The monoisotopic (exact) mass is 380 g/mol. The second kappa shape index (κ2) is 9.17. The molecular weight excluding hydrogens is 356 g/mol. The zero-order chi connectivity index (χ0) is 19.9. The highest BCUT2D eigenvalue weighted by atomic mass is 16.4. The third kappa shape index (κ3) is 4.97. The molecule has 0 spiro atoms. The number of nitrogens with zero attached hydrogens (tertiary/aromatic N) is 1. The molecule has 2 aromatic carbocycles. The first-order chi connectivity index (χ1) is 13.5. The van der Waals surface area contributed by atoms with Crippen LogP contribution in [0.25, 0.3) is 0 Å². The number of piperidine rings is 1. The van der Waals surface area contributed by atoms with Gasteiger partial charge in [-0.2, -0.15) is 0 Å². The van der Waals surface area contributed by atoms with Crippen LogP contribution >= 0.6 is 0 Å². The van der Waals surface area contributed by atoms with Crippen LogP contribution < -0.4 is 5.32 Å². The van der Waals surface area contributed by atoms with Gasteiger partial charge in [-0.05, 0) is 36.5 Å². The summed E-state index contributed by atoms with van der Waals surface area (Å²) in [6, 6.07) is 17.2. The van der Waals surface area contributed by atoms with Gasteiger partial charge >= 0.3 is 5.97 Å². The third-order valence-corrected chi connectivity index (χ3v) is 5.08. The van der Waals surface area contributed by atoms with Crippen molar-refractivity contribution < 1.29 is 19.5 Å². The van der Waals surface area contributed by atoms with Gasteiger partial charge in [-0.1, -0.05) is 48.5 Å². The maximum Gasteiger partial charge on any atom is 0.303 e. The Kier molecular flexibility index (Phi) is 6.42. The van der Waals surface area contributed by atoms with Crippen molar-refractivity contribution in [3.63, 3.8) is 0 Å². The van der Waals surface area contributed by atoms with E-state index in [1.54, 1.807) is 29.2 Å². The van der Waals surface area contributed by atoms with E-state index in [-0.39, 0.29) is 24.2 Å². The lowest BCUT2D eigenvalue weighted by Crippen LogP contribution is -2.46. The van der Waals surface area contributed by atoms with Gasteiger partial charge in [0.25, 0.3) is 5.91 Å². The summed E-state index contributed by atoms with van der Waals surface area (Å²) in [5.74, 6) is -1.18. The number of carboxylic acids is 1. The van der Waals surface area contributed by atoms with Gasteiger partial charge in [0.1, 0.15) is 6.04 Å². The normalized spacial score (nSPS) is 15.6. The number of benzene rings is 2. The lowest BCUT2D eigenvalue weighted by molar-refractivity contribution is -0.139. The second-order valence-corrected chi connectivity index (χ2v) is 7.05. The molecule has 2 amide bonds. The Morgan fingerprint density at radius 2 is 1.54 bits per heavy atom. The van der Waals surface area contributed by atoms with Crippen LogP contribution in [0.2, 0.25) is 0 Å². The van der Waals surface area contributed by atoms with Crippen molar-refractivity contribution in [3.8, 4) is 0 Å². The maximum atomic E-state index is 13.2. The molecule has 0 bridgehead atoms. The van der Waals surface area contributed by atoms with E-state index in [1.807, 2.05) is 36.4 Å². The molecular formula is C22H24N2O4. The predicted octanol–water partition coefficient (Wildman–Crippen LogP) is 2.87. The Labute approximate surface area is 164 Å². The van der Waals surface area contributed by atoms with Crippen molar-refractivity contribution in [3.05, 3.63) is 71.8 Å². The highest BCUT2D eigenvalue weighted by Gasteiger charge is 2.31. The molecule has 2 aromatic rings. The summed E-state index contributed by atoms with van der Waals surface area (Å²) >= 11 is 0. The van der Waals surface area contributed by atoms with Crippen LogP contribution in [0.1, 0.15) is 41.2 Å². The summed E-state index contributed by atoms with van der Waals surface area (Å²) in [6.07, 6.45) is 1.45. The van der Waals surface area contributed by atoms with Crippen molar-refractivity contribution in [2.75, 3.05) is 13.1 Å². The van der Waals surface area contributed by atoms with Crippen molar-refractivity contribution in [1.29, 1.82) is 0 Å². The second-order valence-electron chi connectivity index (χ2n) is 7.05. The van der Waals surface area contributed by atoms with E-state index in [9.17, 15) is 14.4 Å². The van der Waals surface area contributed by atoms with Crippen LogP contribution in [0, 0.1) is 5.92 Å². The van der Waals surface area contributed by atoms with Crippen LogP contribution in [0.5, 0.6) is 0 Å². The van der Waals surface area contributed by atoms with E-state index in [2.05, 4.69) is 5.32 Å². The summed E-state index contributed by atoms with van der Waals surface area (Å²) in [6.45, 7) is 1.00. The van der Waals surface area contributed by atoms with Gasteiger partial charge in [0.2, 0.25) is 5.91 Å². The van der Waals surface area contributed by atoms with E-state index in [4.69, 9.17) is 5.11 Å². The average Bonchev–Trinajstić information content (AvgIpc) is 2.73. The first kappa shape index (κ1) is 19.6. The van der Waals surface area contributed by atoms with Crippen molar-refractivity contribution in [2.24, 2.45) is 5.92 Å². The van der Waals surface area contributed by atoms with Crippen LogP contribution in [0.4, 0.5) is 0 Å². The molecule has 1 aliphatic rings. The Balaban J connectivity index is 1.73. The number of carbonyl (C=O) groups is 3. The first-order valence-corrected chi connectivity index (χ1v) is 9.46. The number of carbonyl (C=O) groups excluding carboxylic acids is 2. The van der Waals surface area contributed by atoms with E-state index in [0.29, 0.717) is 31.5 Å². The Morgan fingerprint density at radius 1 is 0.964 bits per heavy atom. The summed E-state index contributed by atoms with van der Waals surface area (Å²) in [4.78, 5) is 38.5. The lowest BCUT2D eigenvalue weighted by atomic mass is 9.93. The zero-order valence-corrected chi connectivity index (χ0v) is 15.6. The van der Waals surface area contributed by atoms with Crippen LogP contribution in [0.15, 0.2) is 60.7 Å². The standard InChI is InChI=1S/C22H24N2O4/c25-19(26)15-16-11-13-24(14-12-16)22(28)20(17-7-3-1-4-8-17)23-21(27)18-9-5-2-6-10-18/h1-10,16,20H,11-15H2,(H,23,27)(H,25,26). The fourth-order valence-electron chi connectivity index (χ4n) is 3.52. The molecule has 1 unspecified atom stereocenters. The molecule has 1 aliphatic heterocycles. The largest absolute Gasteiger partial charge is 0.481 e. The predicted molar refractivity (Wildman–Crippen MR) is 105 cm³/mol. The Bertz CT molecular complexity index is 815. The highest BCUT2D eigenvalue weighted by Crippen LogP contribution is 2.24. The van der Waals surface area contributed by atoms with Crippen LogP contribution in [-0.2, 0) is 9.59 Å². The molecule has 6 heteroatoms. The summed E-state index contributed by atoms with van der Waals surface area (Å²) < 4.78 is 0. The highest BCUT2D eigenvalue weighted by molar-refractivity contribution is 5.97. The minimum Gasteiger partial charge on any atom is -0.481 e. The van der Waals surface area contributed by atoms with Gasteiger partial charge in [-0.15, -0.1) is 0 Å². The minimum atomic E-state index is -0.804. The summed E-state index contributed by atoms with van der Waals surface area (Å²) in [5.41, 5.74) is 1.22. The number of carboxylic acid groups (broad SMARTS) is 1. The van der Waals surface area contributed by atoms with Gasteiger partial charge < -0.3 is 15.3 Å². The van der Waals surface area contributed by atoms with Gasteiger partial charge in [0.05, 0.1) is 0 Å². The SMILES string of the molecule is O=C(O)CC1CCN(C(=O)C(NC(=O)c2ccccc2)c2ccccc2)CC1. The third-order valence-electron chi connectivity index (χ3n) is 5.08. The number of aliphatic carboxylic acids is 1. The molecule has 6 nitrogen and oxygen atoms in total. The molecule has 0 aliphatic carbocycles. The number of hydrogen-bond acceptors (Lipinski definition) is 3. The van der Waals surface area contributed by atoms with Crippen LogP contribution in [-0.4, -0.2) is 40.9 Å². The van der Waals surface area contributed by atoms with Crippen molar-refractivity contribution in [2.45, 2.75) is 25.3 Å². The maximum absolute atomic E-state index is 13.2. The quantitative estimate of drug-likeness (QED) is 0.807. The summed E-state index contributed by atoms with van der Waals surface area (Å²) in [5, 5.41) is 11.8. The van der Waals surface area contributed by atoms with Crippen molar-refractivity contribution >= 4 is 17.8 Å². The number of hydrogen-bond donors (Lipinski definition) is 2. The van der Waals surface area contributed by atoms with Gasteiger partial charge in [0.15, 0.2) is 0 Å². The Morgan fingerprint density at radius 3 is 2.11 bits per heavy atom. The minimum absolute atomic E-state index is 0.0932. The van der Waals surface area contributed by atoms with E-state index in [0.717, 1.165) is 5.56 Å². The number of amides is 2. The van der Waals surface area contributed by atoms with Gasteiger partial charge in [-0.3, -0.25) is 14.4 Å². The van der Waals surface area contributed by atoms with E-state index < -0.39 is 12.0 Å². The zero-order valence-electron chi connectivity index (χ0n) is 15.6. The Hall–Kier alpha value is -3.15. The smallest absolute Gasteiger partial charge is 0.303 e. The molecule has 2 N–H and O–H groups in total. The topological polar surface area (TPSA) is 86.7 Å². The van der Waals surface area contributed by atoms with Gasteiger partial charge in [-0.25, -0.2) is 0 Å². The molecule has 0 aromatic heterocycles. The molecule has 1 saturated heterocycles. The molecule has 28 heavy (non-hydrogen) atoms. The van der Waals surface area contributed by atoms with E-state index in [1.165, 1.54) is 0 Å². The number of likely N-dealkylation sites (tertiary alicyclic amines) is 1. The number of rotatable bonds is 6. The average molecular weight is 380 g/mol. The first-order valence-electron chi connectivity index (χ1n) is 9.46. The molecule has 0 radical (unpaired) electrons. The lowest BCUT2D eigenvalue weighted by Gasteiger charge is -2.34.